The van der Waals surface area contributed by atoms with E-state index in [2.05, 4.69) is 42.0 Å². The van der Waals surface area contributed by atoms with Crippen molar-refractivity contribution in [1.29, 1.82) is 0 Å². The van der Waals surface area contributed by atoms with Gasteiger partial charge >= 0.3 is 0 Å². The largest absolute Gasteiger partial charge is 0.497 e. The molecule has 3 atom stereocenters. The average molecular weight is 352 g/mol. The summed E-state index contributed by atoms with van der Waals surface area (Å²) in [4.78, 5) is 13.2. The summed E-state index contributed by atoms with van der Waals surface area (Å²) in [6.45, 7) is 6.74. The summed E-state index contributed by atoms with van der Waals surface area (Å²) in [5.41, 5.74) is 0.699. The van der Waals surface area contributed by atoms with E-state index in [0.29, 0.717) is 0 Å². The van der Waals surface area contributed by atoms with E-state index in [0.717, 1.165) is 24.3 Å². The predicted octanol–water partition coefficient (Wildman–Crippen LogP) is 4.22. The van der Waals surface area contributed by atoms with Crippen molar-refractivity contribution < 1.29 is 9.53 Å². The number of rotatable bonds is 3. The second-order valence-corrected chi connectivity index (χ2v) is 7.98. The number of methoxy groups -OCH3 is 1. The van der Waals surface area contributed by atoms with Crippen molar-refractivity contribution in [3.8, 4) is 5.75 Å². The van der Waals surface area contributed by atoms with Crippen LogP contribution in [0.25, 0.3) is 0 Å². The van der Waals surface area contributed by atoms with E-state index in [4.69, 9.17) is 4.74 Å². The summed E-state index contributed by atoms with van der Waals surface area (Å²) in [6.07, 6.45) is 2.05. The van der Waals surface area contributed by atoms with Gasteiger partial charge in [0.25, 0.3) is 0 Å². The molecule has 3 aliphatic carbocycles. The molecular weight excluding hydrogens is 330 g/mol. The van der Waals surface area contributed by atoms with Crippen LogP contribution in [0.4, 0.5) is 5.69 Å². The van der Waals surface area contributed by atoms with E-state index in [9.17, 15) is 4.79 Å². The van der Waals surface area contributed by atoms with Crippen LogP contribution in [0.15, 0.2) is 24.3 Å². The molecule has 1 aromatic carbocycles. The van der Waals surface area contributed by atoms with Crippen molar-refractivity contribution in [2.24, 2.45) is 16.2 Å². The number of ether oxygens (including phenoxy) is 1. The van der Waals surface area contributed by atoms with Crippen molar-refractivity contribution in [2.75, 3.05) is 12.4 Å². The van der Waals surface area contributed by atoms with E-state index < -0.39 is 0 Å². The summed E-state index contributed by atoms with van der Waals surface area (Å²) < 4.78 is 5.21. The van der Waals surface area contributed by atoms with Gasteiger partial charge in [-0.2, -0.15) is 0 Å². The molecule has 3 nitrogen and oxygen atoms in total. The van der Waals surface area contributed by atoms with E-state index in [1.54, 1.807) is 7.11 Å². The topological polar surface area (TPSA) is 38.3 Å². The zero-order valence-electron chi connectivity index (χ0n) is 13.0. The number of hydrogen-bond acceptors (Lipinski definition) is 2. The van der Waals surface area contributed by atoms with Crippen LogP contribution >= 0.6 is 15.9 Å². The Balaban J connectivity index is 1.86. The molecule has 1 aromatic rings. The van der Waals surface area contributed by atoms with E-state index in [-0.39, 0.29) is 27.0 Å². The maximum Gasteiger partial charge on any atom is 0.232 e. The molecule has 114 valence electrons. The molecule has 3 aliphatic rings. The fraction of sp³-hybridized carbons (Fsp3) is 0.588. The number of alkyl halides is 1. The Bertz CT molecular complexity index is 600. The van der Waals surface area contributed by atoms with Gasteiger partial charge in [-0.05, 0) is 35.8 Å². The van der Waals surface area contributed by atoms with E-state index >= 15 is 0 Å². The minimum absolute atomic E-state index is 0.0110. The molecule has 2 bridgehead atoms. The van der Waals surface area contributed by atoms with Gasteiger partial charge in [0.15, 0.2) is 0 Å². The first-order chi connectivity index (χ1) is 9.79. The van der Waals surface area contributed by atoms with Gasteiger partial charge in [0.2, 0.25) is 5.91 Å². The third-order valence-electron chi connectivity index (χ3n) is 6.31. The number of carbonyl (C=O) groups excluding carboxylic acids is 1. The van der Waals surface area contributed by atoms with Gasteiger partial charge in [0.1, 0.15) is 5.75 Å². The number of halogens is 1. The molecular formula is C17H22BrNO2. The van der Waals surface area contributed by atoms with Gasteiger partial charge < -0.3 is 10.1 Å². The summed E-state index contributed by atoms with van der Waals surface area (Å²) in [7, 11) is 1.63. The SMILES string of the molecule is COc1cccc(NC(=O)C23CCC(C)(C2Br)C3(C)C)c1. The maximum atomic E-state index is 13.0. The van der Waals surface area contributed by atoms with Crippen LogP contribution in [0.2, 0.25) is 0 Å². The second-order valence-electron chi connectivity index (χ2n) is 7.06. The monoisotopic (exact) mass is 351 g/mol. The fourth-order valence-electron chi connectivity index (χ4n) is 4.40. The van der Waals surface area contributed by atoms with Gasteiger partial charge in [-0.25, -0.2) is 0 Å². The molecule has 21 heavy (non-hydrogen) atoms. The molecule has 0 aliphatic heterocycles. The number of nitrogens with one attached hydrogen (secondary N) is 1. The van der Waals surface area contributed by atoms with Crippen LogP contribution in [-0.4, -0.2) is 17.8 Å². The average Bonchev–Trinajstić information content (AvgIpc) is 2.87. The van der Waals surface area contributed by atoms with Crippen LogP contribution in [0.1, 0.15) is 33.6 Å². The molecule has 1 N–H and O–H groups in total. The first-order valence-corrected chi connectivity index (χ1v) is 8.31. The first kappa shape index (κ1) is 14.9. The molecule has 0 aromatic heterocycles. The second kappa shape index (κ2) is 4.48. The molecule has 1 amide bonds. The predicted molar refractivity (Wildman–Crippen MR) is 87.9 cm³/mol. The zero-order chi connectivity index (χ0) is 15.5. The van der Waals surface area contributed by atoms with Crippen LogP contribution in [0.3, 0.4) is 0 Å². The van der Waals surface area contributed by atoms with Crippen LogP contribution < -0.4 is 10.1 Å². The number of amides is 1. The van der Waals surface area contributed by atoms with E-state index in [1.807, 2.05) is 24.3 Å². The molecule has 0 saturated heterocycles. The highest BCUT2D eigenvalue weighted by Crippen LogP contribution is 2.79. The molecule has 3 unspecified atom stereocenters. The Morgan fingerprint density at radius 1 is 1.33 bits per heavy atom. The zero-order valence-corrected chi connectivity index (χ0v) is 14.6. The number of anilines is 1. The van der Waals surface area contributed by atoms with Crippen molar-refractivity contribution in [3.63, 3.8) is 0 Å². The fourth-order valence-corrected chi connectivity index (χ4v) is 6.21. The maximum absolute atomic E-state index is 13.0. The van der Waals surface area contributed by atoms with Crippen molar-refractivity contribution >= 4 is 27.5 Å². The first-order valence-electron chi connectivity index (χ1n) is 7.39. The molecule has 0 spiro atoms. The normalized spacial score (nSPS) is 36.0. The van der Waals surface area contributed by atoms with Gasteiger partial charge in [-0.1, -0.05) is 42.8 Å². The molecule has 4 rings (SSSR count). The Kier molecular flexibility index (Phi) is 3.18. The van der Waals surface area contributed by atoms with Gasteiger partial charge in [-0.3, -0.25) is 4.79 Å². The van der Waals surface area contributed by atoms with Crippen molar-refractivity contribution in [1.82, 2.24) is 0 Å². The lowest BCUT2D eigenvalue weighted by Crippen LogP contribution is -2.68. The van der Waals surface area contributed by atoms with Crippen molar-refractivity contribution in [2.45, 2.75) is 38.4 Å². The Labute approximate surface area is 134 Å². The van der Waals surface area contributed by atoms with Gasteiger partial charge in [0.05, 0.1) is 12.5 Å². The quantitative estimate of drug-likeness (QED) is 0.827. The Morgan fingerprint density at radius 3 is 2.57 bits per heavy atom. The lowest BCUT2D eigenvalue weighted by molar-refractivity contribution is -0.155. The minimum atomic E-state index is -0.315. The minimum Gasteiger partial charge on any atom is -0.497 e. The third-order valence-corrected chi connectivity index (χ3v) is 8.10. The summed E-state index contributed by atoms with van der Waals surface area (Å²) >= 11 is 3.80. The number of carbonyl (C=O) groups is 1. The van der Waals surface area contributed by atoms with Crippen LogP contribution in [0.5, 0.6) is 5.75 Å². The summed E-state index contributed by atoms with van der Waals surface area (Å²) in [5.74, 6) is 0.877. The summed E-state index contributed by atoms with van der Waals surface area (Å²) in [5, 5.41) is 3.09. The van der Waals surface area contributed by atoms with Crippen LogP contribution in [-0.2, 0) is 4.79 Å². The Hall–Kier alpha value is -1.03. The van der Waals surface area contributed by atoms with Gasteiger partial charge in [-0.15, -0.1) is 0 Å². The summed E-state index contributed by atoms with van der Waals surface area (Å²) in [6, 6.07) is 7.53. The molecule has 0 radical (unpaired) electrons. The van der Waals surface area contributed by atoms with Crippen molar-refractivity contribution in [3.05, 3.63) is 24.3 Å². The number of fused-ring (bicyclic) bond motifs is 1. The van der Waals surface area contributed by atoms with E-state index in [1.165, 1.54) is 0 Å². The third kappa shape index (κ3) is 1.63. The highest BCUT2D eigenvalue weighted by Gasteiger charge is 2.80. The molecule has 4 heteroatoms. The lowest BCUT2D eigenvalue weighted by Gasteiger charge is -2.64. The molecule has 3 saturated carbocycles. The number of hydrogen-bond donors (Lipinski definition) is 1. The highest BCUT2D eigenvalue weighted by atomic mass is 79.9. The molecule has 3 fully saturated rings. The number of benzene rings is 1. The molecule has 0 heterocycles. The van der Waals surface area contributed by atoms with Crippen LogP contribution in [0, 0.1) is 16.2 Å². The smallest absolute Gasteiger partial charge is 0.232 e. The highest BCUT2D eigenvalue weighted by molar-refractivity contribution is 9.09. The standard InChI is InChI=1S/C17H22BrNO2/c1-15(2)16(3)8-9-17(15,13(16)18)14(20)19-11-6-5-7-12(10-11)21-4/h5-7,10,13H,8-9H2,1-4H3,(H,19,20). The Morgan fingerprint density at radius 2 is 2.05 bits per heavy atom. The van der Waals surface area contributed by atoms with Gasteiger partial charge in [0, 0.05) is 16.6 Å². The lowest BCUT2D eigenvalue weighted by atomic mass is 9.43.